The largest absolute Gasteiger partial charge is 0.480 e. The van der Waals surface area contributed by atoms with Gasteiger partial charge in [0.25, 0.3) is 0 Å². The van der Waals surface area contributed by atoms with Crippen LogP contribution in [-0.2, 0) is 0 Å². The number of ether oxygens (including phenoxy) is 1. The molecule has 0 N–H and O–H groups in total. The Labute approximate surface area is 151 Å². The molecular formula is C18H17BN6O. The fourth-order valence-electron chi connectivity index (χ4n) is 2.81. The molecule has 7 nitrogen and oxygen atoms in total. The lowest BCUT2D eigenvalue weighted by atomic mass is 9.97. The molecule has 0 amide bonds. The maximum absolute atomic E-state index is 5.21. The minimum atomic E-state index is -0.00463. The van der Waals surface area contributed by atoms with E-state index < -0.39 is 0 Å². The molecular weight excluding hydrogens is 327 g/mol. The number of benzene rings is 1. The molecule has 0 aliphatic heterocycles. The normalized spacial score (nSPS) is 12.2. The van der Waals surface area contributed by atoms with E-state index in [0.29, 0.717) is 17.4 Å². The highest BCUT2D eigenvalue weighted by molar-refractivity contribution is 6.31. The third kappa shape index (κ3) is 2.90. The third-order valence-corrected chi connectivity index (χ3v) is 4.28. The summed E-state index contributed by atoms with van der Waals surface area (Å²) in [6, 6.07) is 11.8. The van der Waals surface area contributed by atoms with Gasteiger partial charge in [0.1, 0.15) is 7.85 Å². The minimum absolute atomic E-state index is 0.00463. The van der Waals surface area contributed by atoms with E-state index in [0.717, 1.165) is 22.4 Å². The summed E-state index contributed by atoms with van der Waals surface area (Å²) in [5, 5.41) is 13.0. The predicted octanol–water partition coefficient (Wildman–Crippen LogP) is 1.00. The van der Waals surface area contributed by atoms with Crippen LogP contribution in [0, 0.1) is 0 Å². The highest BCUT2D eigenvalue weighted by Gasteiger charge is 2.18. The Morgan fingerprint density at radius 3 is 2.65 bits per heavy atom. The quantitative estimate of drug-likeness (QED) is 0.514. The Morgan fingerprint density at radius 1 is 1.08 bits per heavy atom. The van der Waals surface area contributed by atoms with Crippen LogP contribution in [-0.4, -0.2) is 44.7 Å². The fraction of sp³-hybridized carbons (Fsp3) is 0.167. The summed E-state index contributed by atoms with van der Waals surface area (Å²) in [6.45, 7) is 2.08. The van der Waals surface area contributed by atoms with Gasteiger partial charge in [0, 0.05) is 29.9 Å². The van der Waals surface area contributed by atoms with Crippen molar-refractivity contribution in [3.63, 3.8) is 0 Å². The van der Waals surface area contributed by atoms with Crippen LogP contribution in [0.5, 0.6) is 5.88 Å². The lowest BCUT2D eigenvalue weighted by Crippen LogP contribution is -2.07. The first-order valence-electron chi connectivity index (χ1n) is 8.31. The van der Waals surface area contributed by atoms with Crippen molar-refractivity contribution in [1.29, 1.82) is 0 Å². The number of rotatable bonds is 4. The van der Waals surface area contributed by atoms with Gasteiger partial charge in [-0.1, -0.05) is 30.6 Å². The van der Waals surface area contributed by atoms with Gasteiger partial charge in [0.05, 0.1) is 7.11 Å². The van der Waals surface area contributed by atoms with Crippen molar-refractivity contribution < 1.29 is 4.74 Å². The second-order valence-electron chi connectivity index (χ2n) is 6.14. The summed E-state index contributed by atoms with van der Waals surface area (Å²) in [7, 11) is 3.56. The Hall–Kier alpha value is -3.29. The first-order valence-corrected chi connectivity index (χ1v) is 8.31. The Balaban J connectivity index is 1.74. The maximum atomic E-state index is 5.21. The molecule has 0 bridgehead atoms. The van der Waals surface area contributed by atoms with E-state index in [1.54, 1.807) is 17.7 Å². The zero-order chi connectivity index (χ0) is 18.1. The smallest absolute Gasteiger partial charge is 0.231 e. The van der Waals surface area contributed by atoms with Crippen LogP contribution in [0.2, 0.25) is 0 Å². The Morgan fingerprint density at radius 2 is 1.88 bits per heavy atom. The van der Waals surface area contributed by atoms with Crippen molar-refractivity contribution in [2.45, 2.75) is 12.8 Å². The van der Waals surface area contributed by atoms with Crippen molar-refractivity contribution in [2.75, 3.05) is 7.11 Å². The van der Waals surface area contributed by atoms with Gasteiger partial charge in [-0.3, -0.25) is 0 Å². The standard InChI is InChI=1S/C18H17BN6O/c1-11(18-23-22-15-6-7-16(26-2)24-25(15)18)12-4-3-5-13(8-12)17-20-9-14(19)10-21-17/h3-11H,19H2,1-2H3. The molecule has 3 heterocycles. The number of methoxy groups -OCH3 is 1. The first-order chi connectivity index (χ1) is 12.7. The van der Waals surface area contributed by atoms with E-state index in [4.69, 9.17) is 4.74 Å². The van der Waals surface area contributed by atoms with Gasteiger partial charge >= 0.3 is 0 Å². The highest BCUT2D eigenvalue weighted by Crippen LogP contribution is 2.26. The average molecular weight is 344 g/mol. The van der Waals surface area contributed by atoms with Gasteiger partial charge in [0.2, 0.25) is 5.88 Å². The minimum Gasteiger partial charge on any atom is -0.480 e. The molecule has 4 rings (SSSR count). The molecule has 0 radical (unpaired) electrons. The zero-order valence-electron chi connectivity index (χ0n) is 14.8. The molecule has 4 aromatic rings. The molecule has 26 heavy (non-hydrogen) atoms. The van der Waals surface area contributed by atoms with Crippen molar-refractivity contribution in [3.05, 3.63) is 60.2 Å². The molecule has 0 fully saturated rings. The zero-order valence-corrected chi connectivity index (χ0v) is 14.8. The first kappa shape index (κ1) is 16.2. The van der Waals surface area contributed by atoms with Gasteiger partial charge in [-0.2, -0.15) is 4.52 Å². The van der Waals surface area contributed by atoms with Crippen molar-refractivity contribution in [2.24, 2.45) is 0 Å². The van der Waals surface area contributed by atoms with Crippen LogP contribution in [0.3, 0.4) is 0 Å². The van der Waals surface area contributed by atoms with E-state index in [9.17, 15) is 0 Å². The van der Waals surface area contributed by atoms with Crippen LogP contribution >= 0.6 is 0 Å². The summed E-state index contributed by atoms with van der Waals surface area (Å²) in [5.41, 5.74) is 3.78. The molecule has 1 atom stereocenters. The van der Waals surface area contributed by atoms with E-state index >= 15 is 0 Å². The van der Waals surface area contributed by atoms with Gasteiger partial charge in [-0.25, -0.2) is 9.97 Å². The molecule has 0 aliphatic carbocycles. The molecule has 8 heteroatoms. The van der Waals surface area contributed by atoms with Crippen molar-refractivity contribution >= 4 is 19.0 Å². The molecule has 0 spiro atoms. The van der Waals surface area contributed by atoms with Gasteiger partial charge in [0.15, 0.2) is 17.3 Å². The summed E-state index contributed by atoms with van der Waals surface area (Å²) in [5.74, 6) is 1.97. The summed E-state index contributed by atoms with van der Waals surface area (Å²) < 4.78 is 6.94. The number of fused-ring (bicyclic) bond motifs is 1. The third-order valence-electron chi connectivity index (χ3n) is 4.28. The highest BCUT2D eigenvalue weighted by atomic mass is 16.5. The topological polar surface area (TPSA) is 78.1 Å². The molecule has 0 aliphatic rings. The van der Waals surface area contributed by atoms with Gasteiger partial charge in [-0.15, -0.1) is 15.3 Å². The van der Waals surface area contributed by atoms with Crippen LogP contribution in [0.4, 0.5) is 0 Å². The molecule has 0 saturated carbocycles. The monoisotopic (exact) mass is 344 g/mol. The molecule has 3 aromatic heterocycles. The van der Waals surface area contributed by atoms with E-state index in [-0.39, 0.29) is 5.92 Å². The lowest BCUT2D eigenvalue weighted by molar-refractivity contribution is 0.389. The van der Waals surface area contributed by atoms with E-state index in [1.165, 1.54) is 0 Å². The molecule has 128 valence electrons. The Kier molecular flexibility index (Phi) is 4.08. The number of hydrogen-bond acceptors (Lipinski definition) is 6. The molecule has 1 unspecified atom stereocenters. The summed E-state index contributed by atoms with van der Waals surface area (Å²) >= 11 is 0. The SMILES string of the molecule is Bc1cnc(-c2cccc(C(C)c3nnc4ccc(OC)nn34)c2)nc1. The van der Waals surface area contributed by atoms with Crippen LogP contribution < -0.4 is 10.2 Å². The van der Waals surface area contributed by atoms with Gasteiger partial charge < -0.3 is 4.74 Å². The van der Waals surface area contributed by atoms with Crippen LogP contribution in [0.25, 0.3) is 17.0 Å². The second-order valence-corrected chi connectivity index (χ2v) is 6.14. The van der Waals surface area contributed by atoms with E-state index in [2.05, 4.69) is 44.3 Å². The van der Waals surface area contributed by atoms with E-state index in [1.807, 2.05) is 38.4 Å². The molecule has 1 aromatic carbocycles. The fourth-order valence-corrected chi connectivity index (χ4v) is 2.81. The van der Waals surface area contributed by atoms with Crippen molar-refractivity contribution in [1.82, 2.24) is 29.8 Å². The maximum Gasteiger partial charge on any atom is 0.231 e. The second kappa shape index (κ2) is 6.55. The predicted molar refractivity (Wildman–Crippen MR) is 100 cm³/mol. The average Bonchev–Trinajstić information content (AvgIpc) is 3.11. The number of nitrogens with zero attached hydrogens (tertiary/aromatic N) is 6. The lowest BCUT2D eigenvalue weighted by Gasteiger charge is -2.11. The Bertz CT molecular complexity index is 1060. The van der Waals surface area contributed by atoms with Crippen molar-refractivity contribution in [3.8, 4) is 17.3 Å². The van der Waals surface area contributed by atoms with Crippen LogP contribution in [0.15, 0.2) is 48.8 Å². The summed E-state index contributed by atoms with van der Waals surface area (Å²) in [6.07, 6.45) is 3.64. The number of hydrogen-bond donors (Lipinski definition) is 0. The number of aromatic nitrogens is 6. The summed E-state index contributed by atoms with van der Waals surface area (Å²) in [4.78, 5) is 8.82. The van der Waals surface area contributed by atoms with Gasteiger partial charge in [-0.05, 0) is 17.7 Å². The van der Waals surface area contributed by atoms with Crippen LogP contribution in [0.1, 0.15) is 24.2 Å². The molecule has 0 saturated heterocycles.